The summed E-state index contributed by atoms with van der Waals surface area (Å²) >= 11 is 5.78. The molecular formula is C13H20ClFN2O2S. The van der Waals surface area contributed by atoms with E-state index in [4.69, 9.17) is 17.3 Å². The topological polar surface area (TPSA) is 63.4 Å². The van der Waals surface area contributed by atoms with E-state index in [9.17, 15) is 12.8 Å². The summed E-state index contributed by atoms with van der Waals surface area (Å²) in [6, 6.07) is 2.29. The van der Waals surface area contributed by atoms with E-state index in [1.54, 1.807) is 6.92 Å². The van der Waals surface area contributed by atoms with Gasteiger partial charge in [0.2, 0.25) is 10.0 Å². The van der Waals surface area contributed by atoms with Gasteiger partial charge in [-0.25, -0.2) is 12.8 Å². The molecule has 0 heterocycles. The molecule has 0 bridgehead atoms. The molecule has 0 spiro atoms. The Labute approximate surface area is 124 Å². The first-order valence-electron chi connectivity index (χ1n) is 6.48. The van der Waals surface area contributed by atoms with Gasteiger partial charge in [-0.1, -0.05) is 38.8 Å². The summed E-state index contributed by atoms with van der Waals surface area (Å²) in [7, 11) is -3.94. The third-order valence-electron chi connectivity index (χ3n) is 3.21. The Bertz CT molecular complexity index is 578. The molecule has 0 aromatic heterocycles. The zero-order chi connectivity index (χ0) is 15.5. The molecule has 1 unspecified atom stereocenters. The second-order valence-corrected chi connectivity index (χ2v) is 7.12. The minimum absolute atomic E-state index is 0.0991. The van der Waals surface area contributed by atoms with Crippen molar-refractivity contribution in [2.24, 2.45) is 5.92 Å². The Balaban J connectivity index is 3.27. The number of hydrogen-bond acceptors (Lipinski definition) is 3. The summed E-state index contributed by atoms with van der Waals surface area (Å²) < 4.78 is 40.3. The van der Waals surface area contributed by atoms with Crippen LogP contribution >= 0.6 is 11.6 Å². The van der Waals surface area contributed by atoms with Gasteiger partial charge >= 0.3 is 0 Å². The quantitative estimate of drug-likeness (QED) is 0.818. The predicted molar refractivity (Wildman–Crippen MR) is 79.7 cm³/mol. The van der Waals surface area contributed by atoms with Crippen LogP contribution < -0.4 is 5.73 Å². The standard InChI is InChI=1S/C13H20ClFN2O2S/c1-4-9(3)8-17(5-2)20(18,19)12-7-10(14)6-11(16)13(12)15/h6-7,9H,4-5,8,16H2,1-3H3. The third-order valence-corrected chi connectivity index (χ3v) is 5.37. The molecule has 0 aliphatic heterocycles. The summed E-state index contributed by atoms with van der Waals surface area (Å²) in [4.78, 5) is -0.465. The molecule has 0 saturated carbocycles. The van der Waals surface area contributed by atoms with Crippen molar-refractivity contribution in [2.75, 3.05) is 18.8 Å². The molecule has 1 aromatic carbocycles. The highest BCUT2D eigenvalue weighted by atomic mass is 35.5. The largest absolute Gasteiger partial charge is 0.396 e. The van der Waals surface area contributed by atoms with E-state index in [0.717, 1.165) is 12.5 Å². The molecular weight excluding hydrogens is 303 g/mol. The first-order valence-corrected chi connectivity index (χ1v) is 8.30. The second kappa shape index (κ2) is 6.74. The van der Waals surface area contributed by atoms with Gasteiger partial charge < -0.3 is 5.73 Å². The van der Waals surface area contributed by atoms with Gasteiger partial charge in [0.1, 0.15) is 4.90 Å². The van der Waals surface area contributed by atoms with Crippen molar-refractivity contribution in [3.8, 4) is 0 Å². The number of anilines is 1. The Kier molecular flexibility index (Phi) is 5.79. The number of benzene rings is 1. The van der Waals surface area contributed by atoms with Crippen LogP contribution in [0.5, 0.6) is 0 Å². The van der Waals surface area contributed by atoms with Gasteiger partial charge in [-0.2, -0.15) is 4.31 Å². The van der Waals surface area contributed by atoms with Crippen molar-refractivity contribution in [3.05, 3.63) is 23.0 Å². The van der Waals surface area contributed by atoms with Crippen molar-refractivity contribution in [2.45, 2.75) is 32.1 Å². The fourth-order valence-electron chi connectivity index (χ4n) is 1.79. The van der Waals surface area contributed by atoms with Gasteiger partial charge in [0, 0.05) is 18.1 Å². The summed E-state index contributed by atoms with van der Waals surface area (Å²) in [5.41, 5.74) is 5.18. The molecule has 0 aliphatic carbocycles. The molecule has 0 amide bonds. The van der Waals surface area contributed by atoms with Crippen LogP contribution in [0.15, 0.2) is 17.0 Å². The molecule has 7 heteroatoms. The minimum Gasteiger partial charge on any atom is -0.396 e. The van der Waals surface area contributed by atoms with Crippen LogP contribution in [-0.2, 0) is 10.0 Å². The zero-order valence-electron chi connectivity index (χ0n) is 11.9. The van der Waals surface area contributed by atoms with E-state index < -0.39 is 20.7 Å². The predicted octanol–water partition coefficient (Wildman–Crippen LogP) is 3.12. The normalized spacial score (nSPS) is 13.7. The maximum Gasteiger partial charge on any atom is 0.246 e. The van der Waals surface area contributed by atoms with E-state index in [2.05, 4.69) is 0 Å². The number of hydrogen-bond donors (Lipinski definition) is 1. The van der Waals surface area contributed by atoms with Crippen LogP contribution in [0.25, 0.3) is 0 Å². The van der Waals surface area contributed by atoms with Crippen molar-refractivity contribution in [3.63, 3.8) is 0 Å². The first-order chi connectivity index (χ1) is 9.23. The third kappa shape index (κ3) is 3.62. The second-order valence-electron chi connectivity index (χ2n) is 4.78. The van der Waals surface area contributed by atoms with Gasteiger partial charge in [0.05, 0.1) is 5.69 Å². The van der Waals surface area contributed by atoms with Crippen LogP contribution in [-0.4, -0.2) is 25.8 Å². The van der Waals surface area contributed by atoms with Crippen LogP contribution in [0.4, 0.5) is 10.1 Å². The maximum absolute atomic E-state index is 14.0. The van der Waals surface area contributed by atoms with Gasteiger partial charge in [0.15, 0.2) is 5.82 Å². The monoisotopic (exact) mass is 322 g/mol. The van der Waals surface area contributed by atoms with E-state index >= 15 is 0 Å². The molecule has 20 heavy (non-hydrogen) atoms. The summed E-state index contributed by atoms with van der Waals surface area (Å²) in [6.07, 6.45) is 0.839. The van der Waals surface area contributed by atoms with Crippen molar-refractivity contribution < 1.29 is 12.8 Å². The molecule has 0 radical (unpaired) electrons. The smallest absolute Gasteiger partial charge is 0.246 e. The van der Waals surface area contributed by atoms with Gasteiger partial charge in [-0.3, -0.25) is 0 Å². The van der Waals surface area contributed by atoms with E-state index in [1.807, 2.05) is 13.8 Å². The molecule has 1 rings (SSSR count). The number of rotatable bonds is 6. The lowest BCUT2D eigenvalue weighted by Crippen LogP contribution is -2.35. The Morgan fingerprint density at radius 3 is 2.50 bits per heavy atom. The minimum atomic E-state index is -3.94. The number of nitrogen functional groups attached to an aromatic ring is 1. The number of sulfonamides is 1. The molecule has 1 aromatic rings. The van der Waals surface area contributed by atoms with Gasteiger partial charge in [-0.05, 0) is 18.1 Å². The highest BCUT2D eigenvalue weighted by Crippen LogP contribution is 2.28. The fraction of sp³-hybridized carbons (Fsp3) is 0.538. The average molecular weight is 323 g/mol. The van der Waals surface area contributed by atoms with Gasteiger partial charge in [-0.15, -0.1) is 0 Å². The lowest BCUT2D eigenvalue weighted by Gasteiger charge is -2.24. The Hall–Kier alpha value is -0.850. The number of halogens is 2. The summed E-state index contributed by atoms with van der Waals surface area (Å²) in [5.74, 6) is -0.763. The molecule has 4 nitrogen and oxygen atoms in total. The highest BCUT2D eigenvalue weighted by Gasteiger charge is 2.28. The van der Waals surface area contributed by atoms with Crippen LogP contribution in [0.2, 0.25) is 5.02 Å². The van der Waals surface area contributed by atoms with Crippen LogP contribution in [0.1, 0.15) is 27.2 Å². The van der Waals surface area contributed by atoms with Gasteiger partial charge in [0.25, 0.3) is 0 Å². The Morgan fingerprint density at radius 1 is 1.40 bits per heavy atom. The maximum atomic E-state index is 14.0. The number of nitrogens with zero attached hydrogens (tertiary/aromatic N) is 1. The van der Waals surface area contributed by atoms with Crippen molar-refractivity contribution in [1.29, 1.82) is 0 Å². The summed E-state index contributed by atoms with van der Waals surface area (Å²) in [5, 5.41) is 0.0991. The van der Waals surface area contributed by atoms with Crippen LogP contribution in [0, 0.1) is 11.7 Å². The van der Waals surface area contributed by atoms with E-state index in [1.165, 1.54) is 10.4 Å². The average Bonchev–Trinajstić information content (AvgIpc) is 2.39. The zero-order valence-corrected chi connectivity index (χ0v) is 13.4. The lowest BCUT2D eigenvalue weighted by atomic mass is 10.1. The SMILES string of the molecule is CCC(C)CN(CC)S(=O)(=O)c1cc(Cl)cc(N)c1F. The van der Waals surface area contributed by atoms with E-state index in [-0.39, 0.29) is 23.2 Å². The van der Waals surface area contributed by atoms with E-state index in [0.29, 0.717) is 6.54 Å². The molecule has 0 fully saturated rings. The van der Waals surface area contributed by atoms with Crippen molar-refractivity contribution >= 4 is 27.3 Å². The molecule has 0 aliphatic rings. The Morgan fingerprint density at radius 2 is 2.00 bits per heavy atom. The highest BCUT2D eigenvalue weighted by molar-refractivity contribution is 7.89. The fourth-order valence-corrected chi connectivity index (χ4v) is 3.77. The first kappa shape index (κ1) is 17.2. The number of nitrogens with two attached hydrogens (primary N) is 1. The molecule has 114 valence electrons. The van der Waals surface area contributed by atoms with Crippen LogP contribution in [0.3, 0.4) is 0 Å². The molecule has 2 N–H and O–H groups in total. The lowest BCUT2D eigenvalue weighted by molar-refractivity contribution is 0.360. The molecule has 1 atom stereocenters. The molecule has 0 saturated heterocycles. The van der Waals surface area contributed by atoms with Crippen molar-refractivity contribution in [1.82, 2.24) is 4.31 Å². The summed E-state index contributed by atoms with van der Waals surface area (Å²) in [6.45, 7) is 6.23.